The van der Waals surface area contributed by atoms with Gasteiger partial charge in [-0.15, -0.1) is 0 Å². The van der Waals surface area contributed by atoms with Gasteiger partial charge in [-0.2, -0.15) is 0 Å². The van der Waals surface area contributed by atoms with Crippen molar-refractivity contribution >= 4 is 11.9 Å². The van der Waals surface area contributed by atoms with Crippen molar-refractivity contribution in [3.05, 3.63) is 42.3 Å². The number of oxazole rings is 1. The minimum Gasteiger partial charge on any atom is -0.481 e. The van der Waals surface area contributed by atoms with E-state index >= 15 is 0 Å². The zero-order valence-electron chi connectivity index (χ0n) is 14.4. The number of nitrogens with one attached hydrogen (secondary N) is 1. The van der Waals surface area contributed by atoms with Gasteiger partial charge in [0, 0.05) is 31.6 Å². The van der Waals surface area contributed by atoms with Crippen LogP contribution in [0, 0.1) is 5.92 Å². The van der Waals surface area contributed by atoms with Crippen LogP contribution >= 0.6 is 0 Å². The fourth-order valence-electron chi connectivity index (χ4n) is 4.03. The lowest BCUT2D eigenvalue weighted by atomic mass is 9.78. The highest BCUT2D eigenvalue weighted by Gasteiger charge is 2.51. The van der Waals surface area contributed by atoms with Crippen LogP contribution in [0.25, 0.3) is 11.5 Å². The van der Waals surface area contributed by atoms with Gasteiger partial charge in [0.25, 0.3) is 0 Å². The zero-order valence-corrected chi connectivity index (χ0v) is 14.4. The van der Waals surface area contributed by atoms with Crippen molar-refractivity contribution in [2.45, 2.75) is 31.3 Å². The Hall–Kier alpha value is -2.67. The minimum absolute atomic E-state index is 0.0824. The summed E-state index contributed by atoms with van der Waals surface area (Å²) in [6, 6.07) is 9.74. The molecule has 7 heteroatoms. The molecule has 7 nitrogen and oxygen atoms in total. The van der Waals surface area contributed by atoms with Crippen LogP contribution in [0.15, 0.2) is 41.0 Å². The van der Waals surface area contributed by atoms with E-state index in [2.05, 4.69) is 15.2 Å². The van der Waals surface area contributed by atoms with Crippen LogP contribution in [0.3, 0.4) is 0 Å². The first-order valence-corrected chi connectivity index (χ1v) is 8.82. The quantitative estimate of drug-likeness (QED) is 0.870. The average Bonchev–Trinajstić information content (AvgIpc) is 3.23. The average molecular weight is 355 g/mol. The van der Waals surface area contributed by atoms with E-state index in [0.717, 1.165) is 24.3 Å². The zero-order chi connectivity index (χ0) is 18.1. The summed E-state index contributed by atoms with van der Waals surface area (Å²) in [4.78, 5) is 30.0. The van der Waals surface area contributed by atoms with Crippen LogP contribution in [0.1, 0.15) is 25.0 Å². The number of nitrogens with zero attached hydrogens (tertiary/aromatic N) is 2. The second-order valence-electron chi connectivity index (χ2n) is 7.09. The molecule has 1 spiro atoms. The Balaban J connectivity index is 1.39. The van der Waals surface area contributed by atoms with E-state index < -0.39 is 17.4 Å². The first kappa shape index (κ1) is 16.8. The van der Waals surface area contributed by atoms with Crippen LogP contribution in [0.2, 0.25) is 0 Å². The highest BCUT2D eigenvalue weighted by Crippen LogP contribution is 2.37. The predicted octanol–water partition coefficient (Wildman–Crippen LogP) is 1.90. The number of hydrogen-bond donors (Lipinski definition) is 2. The maximum atomic E-state index is 11.7. The van der Waals surface area contributed by atoms with E-state index in [0.29, 0.717) is 25.3 Å². The Kier molecular flexibility index (Phi) is 4.24. The number of aliphatic carboxylic acids is 1. The molecule has 2 saturated heterocycles. The molecule has 136 valence electrons. The number of carbonyl (C=O) groups is 2. The van der Waals surface area contributed by atoms with E-state index in [9.17, 15) is 14.7 Å². The number of carbonyl (C=O) groups excluding carboxylic acids is 1. The Morgan fingerprint density at radius 3 is 2.73 bits per heavy atom. The molecule has 0 aliphatic carbocycles. The topological polar surface area (TPSA) is 95.7 Å². The normalized spacial score (nSPS) is 22.5. The van der Waals surface area contributed by atoms with Gasteiger partial charge < -0.3 is 14.8 Å². The Labute approximate surface area is 151 Å². The number of piperidine rings is 1. The van der Waals surface area contributed by atoms with Crippen molar-refractivity contribution in [2.24, 2.45) is 5.92 Å². The summed E-state index contributed by atoms with van der Waals surface area (Å²) in [5, 5.41) is 12.4. The molecule has 2 aliphatic rings. The number of carboxylic acids is 1. The van der Waals surface area contributed by atoms with E-state index in [1.165, 1.54) is 0 Å². The van der Waals surface area contributed by atoms with Crippen LogP contribution < -0.4 is 5.32 Å². The molecule has 0 radical (unpaired) electrons. The number of benzene rings is 1. The number of aromatic nitrogens is 1. The minimum atomic E-state index is -0.888. The lowest BCUT2D eigenvalue weighted by molar-refractivity contribution is -0.144. The number of carboxylic acid groups (broad SMARTS) is 1. The van der Waals surface area contributed by atoms with Gasteiger partial charge in [-0.1, -0.05) is 18.2 Å². The van der Waals surface area contributed by atoms with E-state index in [1.54, 1.807) is 6.26 Å². The lowest BCUT2D eigenvalue weighted by Gasteiger charge is -2.41. The van der Waals surface area contributed by atoms with E-state index in [1.807, 2.05) is 30.3 Å². The first-order valence-electron chi connectivity index (χ1n) is 8.82. The molecule has 2 aromatic rings. The van der Waals surface area contributed by atoms with Gasteiger partial charge in [0.15, 0.2) is 0 Å². The second kappa shape index (κ2) is 6.57. The fourth-order valence-corrected chi connectivity index (χ4v) is 4.03. The Bertz CT molecular complexity index is 809. The summed E-state index contributed by atoms with van der Waals surface area (Å²) in [5.41, 5.74) is 1.19. The summed E-state index contributed by atoms with van der Waals surface area (Å²) >= 11 is 0. The van der Waals surface area contributed by atoms with Crippen molar-refractivity contribution in [3.8, 4) is 11.5 Å². The number of rotatable bonds is 4. The molecule has 1 aromatic heterocycles. The highest BCUT2D eigenvalue weighted by atomic mass is 16.4. The van der Waals surface area contributed by atoms with Gasteiger partial charge in [0.1, 0.15) is 6.26 Å². The predicted molar refractivity (Wildman–Crippen MR) is 93.1 cm³/mol. The summed E-state index contributed by atoms with van der Waals surface area (Å²) in [5.74, 6) is -1.08. The molecule has 0 bridgehead atoms. The summed E-state index contributed by atoms with van der Waals surface area (Å²) in [6.07, 6.45) is 3.03. The molecule has 4 rings (SSSR count). The van der Waals surface area contributed by atoms with Gasteiger partial charge in [-0.3, -0.25) is 14.5 Å². The molecule has 2 aliphatic heterocycles. The maximum absolute atomic E-state index is 11.7. The molecule has 2 N–H and O–H groups in total. The van der Waals surface area contributed by atoms with Crippen LogP contribution in [0.5, 0.6) is 0 Å². The van der Waals surface area contributed by atoms with E-state index in [-0.39, 0.29) is 12.3 Å². The first-order chi connectivity index (χ1) is 12.6. The van der Waals surface area contributed by atoms with Gasteiger partial charge >= 0.3 is 5.97 Å². The van der Waals surface area contributed by atoms with Crippen molar-refractivity contribution in [2.75, 3.05) is 13.1 Å². The second-order valence-corrected chi connectivity index (χ2v) is 7.09. The number of hydrogen-bond acceptors (Lipinski definition) is 5. The molecule has 1 unspecified atom stereocenters. The summed E-state index contributed by atoms with van der Waals surface area (Å²) < 4.78 is 5.58. The molecular formula is C19H21N3O4. The number of likely N-dealkylation sites (tertiary alicyclic amines) is 1. The van der Waals surface area contributed by atoms with Crippen molar-refractivity contribution in [1.29, 1.82) is 0 Å². The Morgan fingerprint density at radius 1 is 1.31 bits per heavy atom. The molecule has 1 aromatic carbocycles. The van der Waals surface area contributed by atoms with E-state index in [4.69, 9.17) is 4.42 Å². The van der Waals surface area contributed by atoms with Crippen molar-refractivity contribution in [1.82, 2.24) is 15.2 Å². The Morgan fingerprint density at radius 2 is 2.04 bits per heavy atom. The van der Waals surface area contributed by atoms with Crippen molar-refractivity contribution in [3.63, 3.8) is 0 Å². The smallest absolute Gasteiger partial charge is 0.309 e. The highest BCUT2D eigenvalue weighted by molar-refractivity contribution is 5.88. The maximum Gasteiger partial charge on any atom is 0.309 e. The third-order valence-corrected chi connectivity index (χ3v) is 5.45. The molecule has 26 heavy (non-hydrogen) atoms. The summed E-state index contributed by atoms with van der Waals surface area (Å²) in [6.45, 7) is 2.09. The largest absolute Gasteiger partial charge is 0.481 e. The van der Waals surface area contributed by atoms with Crippen LogP contribution in [-0.4, -0.2) is 45.5 Å². The van der Waals surface area contributed by atoms with Crippen molar-refractivity contribution < 1.29 is 19.1 Å². The van der Waals surface area contributed by atoms with Crippen LogP contribution in [-0.2, 0) is 16.1 Å². The molecule has 2 fully saturated rings. The molecule has 3 heterocycles. The van der Waals surface area contributed by atoms with Gasteiger partial charge in [-0.05, 0) is 25.0 Å². The molecular weight excluding hydrogens is 334 g/mol. The SMILES string of the molecule is O=C1CC(C(=O)O)C2(CCN(Cc3coc(-c4ccccc4)n3)CC2)N1. The summed E-state index contributed by atoms with van der Waals surface area (Å²) in [7, 11) is 0. The third-order valence-electron chi connectivity index (χ3n) is 5.45. The molecule has 1 amide bonds. The van der Waals surface area contributed by atoms with Gasteiger partial charge in [-0.25, -0.2) is 4.98 Å². The fraction of sp³-hybridized carbons (Fsp3) is 0.421. The van der Waals surface area contributed by atoms with Gasteiger partial charge in [0.05, 0.1) is 17.2 Å². The number of amides is 1. The molecule has 1 atom stereocenters. The standard InChI is InChI=1S/C19H21N3O4/c23-16-10-15(18(24)25)19(21-16)6-8-22(9-7-19)11-14-12-26-17(20-14)13-4-2-1-3-5-13/h1-5,12,15H,6-11H2,(H,21,23)(H,24,25). The monoisotopic (exact) mass is 355 g/mol. The molecule has 0 saturated carbocycles. The lowest BCUT2D eigenvalue weighted by Crippen LogP contribution is -2.55. The third kappa shape index (κ3) is 3.10. The van der Waals surface area contributed by atoms with Crippen LogP contribution in [0.4, 0.5) is 0 Å². The van der Waals surface area contributed by atoms with Gasteiger partial charge in [0.2, 0.25) is 11.8 Å².